The fourth-order valence-corrected chi connectivity index (χ4v) is 2.82. The van der Waals surface area contributed by atoms with Gasteiger partial charge in [-0.15, -0.1) is 0 Å². The van der Waals surface area contributed by atoms with Gasteiger partial charge in [0, 0.05) is 36.0 Å². The number of H-pyrrole nitrogens is 1. The summed E-state index contributed by atoms with van der Waals surface area (Å²) in [5, 5.41) is 12.6. The smallest absolute Gasteiger partial charge is 0.269 e. The number of fused-ring (bicyclic) bond motifs is 1. The zero-order chi connectivity index (χ0) is 19.2. The first-order chi connectivity index (χ1) is 13.1. The molecule has 7 heteroatoms. The van der Waals surface area contributed by atoms with Crippen LogP contribution in [0.1, 0.15) is 28.2 Å². The largest absolute Gasteiger partial charge is 0.497 e. The molecule has 0 fully saturated rings. The van der Waals surface area contributed by atoms with Crippen LogP contribution in [0.4, 0.5) is 0 Å². The zero-order valence-corrected chi connectivity index (χ0v) is 15.2. The van der Waals surface area contributed by atoms with Crippen molar-refractivity contribution in [3.63, 3.8) is 0 Å². The number of aryl methyl sites for hydroxylation is 1. The minimum absolute atomic E-state index is 0.248. The number of aromatic nitrogens is 2. The van der Waals surface area contributed by atoms with Crippen LogP contribution in [-0.2, 0) is 6.42 Å². The third kappa shape index (κ3) is 4.18. The molecule has 27 heavy (non-hydrogen) atoms. The highest BCUT2D eigenvalue weighted by molar-refractivity contribution is 5.92. The molecular formula is C20H20N4O3. The lowest BCUT2D eigenvalue weighted by atomic mass is 10.2. The number of carbonyl (C=O) groups excluding carboxylic acids is 1. The number of hydrogen-bond acceptors (Lipinski definition) is 5. The second-order valence-electron chi connectivity index (χ2n) is 5.99. The van der Waals surface area contributed by atoms with Gasteiger partial charge in [0.15, 0.2) is 0 Å². The van der Waals surface area contributed by atoms with Crippen LogP contribution in [0.2, 0.25) is 0 Å². The average Bonchev–Trinajstić information content (AvgIpc) is 3.13. The van der Waals surface area contributed by atoms with Gasteiger partial charge in [0.2, 0.25) is 0 Å². The molecule has 0 bridgehead atoms. The van der Waals surface area contributed by atoms with Crippen molar-refractivity contribution in [1.82, 2.24) is 15.3 Å². The molecule has 2 N–H and O–H groups in total. The van der Waals surface area contributed by atoms with E-state index in [1.807, 2.05) is 18.2 Å². The summed E-state index contributed by atoms with van der Waals surface area (Å²) in [6.07, 6.45) is 2.94. The van der Waals surface area contributed by atoms with Crippen molar-refractivity contribution in [2.75, 3.05) is 20.8 Å². The topological polar surface area (TPSA) is 100 Å². The van der Waals surface area contributed by atoms with Crippen LogP contribution in [0.15, 0.2) is 36.5 Å². The van der Waals surface area contributed by atoms with Gasteiger partial charge in [0.25, 0.3) is 5.91 Å². The fraction of sp³-hybridized carbons (Fsp3) is 0.250. The van der Waals surface area contributed by atoms with Gasteiger partial charge in [0.1, 0.15) is 23.3 Å². The first-order valence-electron chi connectivity index (χ1n) is 8.52. The van der Waals surface area contributed by atoms with Crippen molar-refractivity contribution >= 4 is 16.8 Å². The van der Waals surface area contributed by atoms with Crippen LogP contribution in [0.5, 0.6) is 11.5 Å². The third-order valence-corrected chi connectivity index (χ3v) is 4.22. The quantitative estimate of drug-likeness (QED) is 0.628. The number of benzene rings is 1. The predicted molar refractivity (Wildman–Crippen MR) is 101 cm³/mol. The number of hydrogen-bond donors (Lipinski definition) is 2. The number of nitriles is 1. The molecule has 0 spiro atoms. The van der Waals surface area contributed by atoms with E-state index < -0.39 is 0 Å². The first-order valence-corrected chi connectivity index (χ1v) is 8.52. The summed E-state index contributed by atoms with van der Waals surface area (Å²) in [5.74, 6) is 1.24. The summed E-state index contributed by atoms with van der Waals surface area (Å²) in [6.45, 7) is 0.524. The lowest BCUT2D eigenvalue weighted by Crippen LogP contribution is -2.25. The summed E-state index contributed by atoms with van der Waals surface area (Å²) >= 11 is 0. The Balaban J connectivity index is 1.57. The van der Waals surface area contributed by atoms with E-state index in [1.165, 1.54) is 6.20 Å². The summed E-state index contributed by atoms with van der Waals surface area (Å²) < 4.78 is 10.7. The molecule has 0 aliphatic heterocycles. The monoisotopic (exact) mass is 364 g/mol. The molecule has 2 aromatic heterocycles. The second-order valence-corrected chi connectivity index (χ2v) is 5.99. The summed E-state index contributed by atoms with van der Waals surface area (Å²) in [7, 11) is 3.25. The van der Waals surface area contributed by atoms with E-state index in [0.717, 1.165) is 40.9 Å². The van der Waals surface area contributed by atoms with Gasteiger partial charge in [-0.3, -0.25) is 4.79 Å². The number of amides is 1. The van der Waals surface area contributed by atoms with E-state index >= 15 is 0 Å². The van der Waals surface area contributed by atoms with Crippen LogP contribution in [0.25, 0.3) is 10.9 Å². The Kier molecular flexibility index (Phi) is 5.57. The van der Waals surface area contributed by atoms with E-state index in [1.54, 1.807) is 26.4 Å². The number of rotatable bonds is 7. The summed E-state index contributed by atoms with van der Waals surface area (Å²) in [5.41, 5.74) is 2.74. The van der Waals surface area contributed by atoms with Crippen LogP contribution in [0, 0.1) is 11.3 Å². The molecule has 0 radical (unpaired) electrons. The highest BCUT2D eigenvalue weighted by atomic mass is 16.5. The van der Waals surface area contributed by atoms with Crippen LogP contribution < -0.4 is 14.8 Å². The molecule has 1 aromatic carbocycles. The molecule has 2 heterocycles. The Morgan fingerprint density at radius 2 is 2.11 bits per heavy atom. The van der Waals surface area contributed by atoms with Gasteiger partial charge in [-0.1, -0.05) is 0 Å². The number of nitrogens with one attached hydrogen (secondary N) is 2. The van der Waals surface area contributed by atoms with Crippen LogP contribution in [0.3, 0.4) is 0 Å². The van der Waals surface area contributed by atoms with Crippen molar-refractivity contribution in [1.29, 1.82) is 5.26 Å². The molecule has 0 saturated heterocycles. The van der Waals surface area contributed by atoms with Gasteiger partial charge in [-0.05, 0) is 31.0 Å². The average molecular weight is 364 g/mol. The Morgan fingerprint density at radius 1 is 1.26 bits per heavy atom. The Morgan fingerprint density at radius 3 is 2.78 bits per heavy atom. The highest BCUT2D eigenvalue weighted by Crippen LogP contribution is 2.31. The maximum Gasteiger partial charge on any atom is 0.269 e. The Labute approximate surface area is 156 Å². The first kappa shape index (κ1) is 18.3. The van der Waals surface area contributed by atoms with Gasteiger partial charge >= 0.3 is 0 Å². The number of pyridine rings is 1. The molecule has 3 rings (SSSR count). The molecule has 1 amide bonds. The zero-order valence-electron chi connectivity index (χ0n) is 15.2. The summed E-state index contributed by atoms with van der Waals surface area (Å²) in [4.78, 5) is 19.4. The molecule has 0 aliphatic carbocycles. The lowest BCUT2D eigenvalue weighted by Gasteiger charge is -2.04. The fourth-order valence-electron chi connectivity index (χ4n) is 2.82. The highest BCUT2D eigenvalue weighted by Gasteiger charge is 2.10. The normalized spacial score (nSPS) is 10.4. The molecule has 138 valence electrons. The maximum absolute atomic E-state index is 12.1. The number of methoxy groups -OCH3 is 2. The minimum atomic E-state index is -0.248. The van der Waals surface area contributed by atoms with Gasteiger partial charge in [-0.25, -0.2) is 4.98 Å². The van der Waals surface area contributed by atoms with Gasteiger partial charge < -0.3 is 19.8 Å². The number of carbonyl (C=O) groups is 1. The summed E-state index contributed by atoms with van der Waals surface area (Å²) in [6, 6.07) is 10.9. The van der Waals surface area contributed by atoms with E-state index in [-0.39, 0.29) is 5.91 Å². The van der Waals surface area contributed by atoms with Crippen molar-refractivity contribution < 1.29 is 14.3 Å². The van der Waals surface area contributed by atoms with Gasteiger partial charge in [0.05, 0.1) is 25.3 Å². The molecular weight excluding hydrogens is 344 g/mol. The minimum Gasteiger partial charge on any atom is -0.497 e. The maximum atomic E-state index is 12.1. The van der Waals surface area contributed by atoms with Crippen molar-refractivity contribution in [3.05, 3.63) is 53.5 Å². The molecule has 0 unspecified atom stereocenters. The van der Waals surface area contributed by atoms with E-state index in [4.69, 9.17) is 14.7 Å². The van der Waals surface area contributed by atoms with Crippen molar-refractivity contribution in [2.24, 2.45) is 0 Å². The lowest BCUT2D eigenvalue weighted by molar-refractivity contribution is 0.0948. The molecule has 3 aromatic rings. The molecule has 7 nitrogen and oxygen atoms in total. The van der Waals surface area contributed by atoms with Crippen molar-refractivity contribution in [2.45, 2.75) is 12.8 Å². The number of nitrogens with zero attached hydrogens (tertiary/aromatic N) is 2. The third-order valence-electron chi connectivity index (χ3n) is 4.22. The second kappa shape index (κ2) is 8.23. The van der Waals surface area contributed by atoms with E-state index in [9.17, 15) is 4.79 Å². The SMILES string of the molecule is COc1cc(OC)c2cc(CCCNC(=O)c3ccc(C#N)cn3)[nH]c2c1. The van der Waals surface area contributed by atoms with E-state index in [2.05, 4.69) is 21.4 Å². The number of ether oxygens (including phenoxy) is 2. The Bertz CT molecular complexity index is 987. The number of aromatic amines is 1. The molecule has 0 aliphatic rings. The van der Waals surface area contributed by atoms with Crippen molar-refractivity contribution in [3.8, 4) is 17.6 Å². The van der Waals surface area contributed by atoms with E-state index in [0.29, 0.717) is 17.8 Å². The molecule has 0 atom stereocenters. The standard InChI is InChI=1S/C20H20N4O3/c1-26-15-9-18-16(19(10-15)27-2)8-14(24-18)4-3-7-22-20(25)17-6-5-13(11-21)12-23-17/h5-6,8-10,12,24H,3-4,7H2,1-2H3,(H,22,25). The Hall–Kier alpha value is -3.53. The van der Waals surface area contributed by atoms with Crippen LogP contribution >= 0.6 is 0 Å². The van der Waals surface area contributed by atoms with Gasteiger partial charge in [-0.2, -0.15) is 5.26 Å². The molecule has 0 saturated carbocycles. The predicted octanol–water partition coefficient (Wildman–Crippen LogP) is 2.81. The van der Waals surface area contributed by atoms with Crippen LogP contribution in [-0.4, -0.2) is 36.6 Å².